The molecule has 0 aliphatic carbocycles. The Kier molecular flexibility index (Phi) is 5.63. The van der Waals surface area contributed by atoms with Crippen molar-refractivity contribution < 1.29 is 22.0 Å². The second kappa shape index (κ2) is 8.37. The number of fused-ring (bicyclic) bond motifs is 1. The third-order valence-corrected chi connectivity index (χ3v) is 6.86. The van der Waals surface area contributed by atoms with Crippen molar-refractivity contribution in [2.24, 2.45) is 0 Å². The van der Waals surface area contributed by atoms with Crippen LogP contribution < -0.4 is 10.2 Å². The molecule has 3 aromatic rings. The van der Waals surface area contributed by atoms with Crippen LogP contribution >= 0.6 is 0 Å². The minimum atomic E-state index is -3.70. The van der Waals surface area contributed by atoms with Gasteiger partial charge in [-0.2, -0.15) is 9.29 Å². The van der Waals surface area contributed by atoms with Crippen molar-refractivity contribution in [2.75, 3.05) is 37.6 Å². The first-order chi connectivity index (χ1) is 14.9. The number of hydrogen-bond donors (Lipinski definition) is 1. The van der Waals surface area contributed by atoms with Crippen LogP contribution in [0.4, 0.5) is 10.4 Å². The van der Waals surface area contributed by atoms with Crippen LogP contribution in [0.25, 0.3) is 11.1 Å². The van der Waals surface area contributed by atoms with Gasteiger partial charge in [0, 0.05) is 31.7 Å². The molecular formula is C21H19FN4O4S. The van der Waals surface area contributed by atoms with Crippen molar-refractivity contribution in [3.63, 3.8) is 0 Å². The summed E-state index contributed by atoms with van der Waals surface area (Å²) in [7, 11) is -3.70. The standard InChI is InChI=1S/C21H19FN4O4S/c1-2-9-23-20(27)15-3-8-19-18(14-15)24-21(30-19)25-10-12-26(13-11-25)31(28,29)17-6-4-16(22)5-7-17/h1,3-8,14H,9-13H2,(H,23,27). The summed E-state index contributed by atoms with van der Waals surface area (Å²) in [6, 6.07) is 10.0. The van der Waals surface area contributed by atoms with Crippen LogP contribution in [0.2, 0.25) is 0 Å². The second-order valence-corrected chi connectivity index (χ2v) is 8.85. The van der Waals surface area contributed by atoms with Gasteiger partial charge in [-0.25, -0.2) is 12.8 Å². The Morgan fingerprint density at radius 1 is 1.16 bits per heavy atom. The predicted molar refractivity (Wildman–Crippen MR) is 113 cm³/mol. The molecule has 0 spiro atoms. The summed E-state index contributed by atoms with van der Waals surface area (Å²) in [5.74, 6) is 1.55. The maximum absolute atomic E-state index is 13.1. The highest BCUT2D eigenvalue weighted by molar-refractivity contribution is 7.89. The van der Waals surface area contributed by atoms with Crippen LogP contribution in [-0.4, -0.2) is 56.3 Å². The van der Waals surface area contributed by atoms with Gasteiger partial charge in [0.25, 0.3) is 11.9 Å². The summed E-state index contributed by atoms with van der Waals surface area (Å²) in [5.41, 5.74) is 1.45. The number of carbonyl (C=O) groups excluding carboxylic acids is 1. The van der Waals surface area contributed by atoms with Gasteiger partial charge in [0.1, 0.15) is 11.3 Å². The van der Waals surface area contributed by atoms with Gasteiger partial charge in [-0.15, -0.1) is 6.42 Å². The van der Waals surface area contributed by atoms with E-state index in [0.29, 0.717) is 35.8 Å². The quantitative estimate of drug-likeness (QED) is 0.606. The normalized spacial score (nSPS) is 15.0. The van der Waals surface area contributed by atoms with E-state index in [9.17, 15) is 17.6 Å². The van der Waals surface area contributed by atoms with E-state index in [1.165, 1.54) is 16.4 Å². The molecule has 160 valence electrons. The first-order valence-electron chi connectivity index (χ1n) is 9.51. The third-order valence-electron chi connectivity index (χ3n) is 4.95. The van der Waals surface area contributed by atoms with Crippen molar-refractivity contribution in [3.8, 4) is 12.3 Å². The number of terminal acetylenes is 1. The Hall–Kier alpha value is -3.42. The van der Waals surface area contributed by atoms with Crippen molar-refractivity contribution in [2.45, 2.75) is 4.90 Å². The molecule has 0 unspecified atom stereocenters. The fourth-order valence-corrected chi connectivity index (χ4v) is 4.72. The molecule has 1 amide bonds. The highest BCUT2D eigenvalue weighted by atomic mass is 32.2. The van der Waals surface area contributed by atoms with Gasteiger partial charge in [-0.3, -0.25) is 4.79 Å². The molecule has 1 N–H and O–H groups in total. The summed E-state index contributed by atoms with van der Waals surface area (Å²) < 4.78 is 45.8. The zero-order valence-corrected chi connectivity index (χ0v) is 17.2. The van der Waals surface area contributed by atoms with Gasteiger partial charge < -0.3 is 14.6 Å². The van der Waals surface area contributed by atoms with Crippen LogP contribution in [0.15, 0.2) is 51.8 Å². The van der Waals surface area contributed by atoms with Gasteiger partial charge in [-0.05, 0) is 42.5 Å². The van der Waals surface area contributed by atoms with E-state index < -0.39 is 15.8 Å². The lowest BCUT2D eigenvalue weighted by molar-refractivity contribution is 0.0959. The van der Waals surface area contributed by atoms with Crippen LogP contribution in [0.5, 0.6) is 0 Å². The predicted octanol–water partition coefficient (Wildman–Crippen LogP) is 1.84. The van der Waals surface area contributed by atoms with Crippen molar-refractivity contribution in [3.05, 3.63) is 53.8 Å². The lowest BCUT2D eigenvalue weighted by atomic mass is 10.2. The molecule has 31 heavy (non-hydrogen) atoms. The Labute approximate surface area is 178 Å². The number of anilines is 1. The Morgan fingerprint density at radius 2 is 1.87 bits per heavy atom. The maximum Gasteiger partial charge on any atom is 0.298 e. The van der Waals surface area contributed by atoms with Crippen LogP contribution in [0.3, 0.4) is 0 Å². The van der Waals surface area contributed by atoms with Crippen LogP contribution in [-0.2, 0) is 10.0 Å². The molecule has 2 heterocycles. The summed E-state index contributed by atoms with van der Waals surface area (Å²) in [6.07, 6.45) is 5.15. The first-order valence-corrected chi connectivity index (χ1v) is 11.0. The lowest BCUT2D eigenvalue weighted by Crippen LogP contribution is -2.48. The molecule has 0 saturated carbocycles. The summed E-state index contributed by atoms with van der Waals surface area (Å²) in [5, 5.41) is 2.59. The third kappa shape index (κ3) is 4.23. The minimum Gasteiger partial charge on any atom is -0.423 e. The molecule has 1 aliphatic rings. The van der Waals surface area contributed by atoms with Crippen LogP contribution in [0.1, 0.15) is 10.4 Å². The Morgan fingerprint density at radius 3 is 2.55 bits per heavy atom. The number of amides is 1. The van der Waals surface area contributed by atoms with E-state index in [4.69, 9.17) is 10.8 Å². The molecule has 8 nitrogen and oxygen atoms in total. The average molecular weight is 442 g/mol. The molecule has 0 radical (unpaired) electrons. The first kappa shape index (κ1) is 20.8. The SMILES string of the molecule is C#CCNC(=O)c1ccc2oc(N3CCN(S(=O)(=O)c4ccc(F)cc4)CC3)nc2c1. The number of sulfonamides is 1. The molecule has 1 aromatic heterocycles. The number of hydrogen-bond acceptors (Lipinski definition) is 6. The van der Waals surface area contributed by atoms with Gasteiger partial charge in [0.05, 0.1) is 11.4 Å². The number of carbonyl (C=O) groups is 1. The number of oxazole rings is 1. The zero-order valence-electron chi connectivity index (χ0n) is 16.4. The number of rotatable bonds is 5. The van der Waals surface area contributed by atoms with Crippen molar-refractivity contribution in [1.29, 1.82) is 0 Å². The Balaban J connectivity index is 1.46. The Bertz CT molecular complexity index is 1260. The molecule has 1 fully saturated rings. The lowest BCUT2D eigenvalue weighted by Gasteiger charge is -2.33. The van der Waals surface area contributed by atoms with Gasteiger partial charge in [0.15, 0.2) is 5.58 Å². The molecule has 10 heteroatoms. The molecule has 0 atom stereocenters. The monoisotopic (exact) mass is 442 g/mol. The number of nitrogens with zero attached hydrogens (tertiary/aromatic N) is 3. The van der Waals surface area contributed by atoms with Crippen molar-refractivity contribution in [1.82, 2.24) is 14.6 Å². The van der Waals surface area contributed by atoms with Gasteiger partial charge in [-0.1, -0.05) is 5.92 Å². The summed E-state index contributed by atoms with van der Waals surface area (Å²) in [4.78, 5) is 18.4. The second-order valence-electron chi connectivity index (χ2n) is 6.91. The van der Waals surface area contributed by atoms with E-state index in [1.54, 1.807) is 18.2 Å². The molecule has 4 rings (SSSR count). The van der Waals surface area contributed by atoms with E-state index in [0.717, 1.165) is 12.1 Å². The molecule has 2 aromatic carbocycles. The topological polar surface area (TPSA) is 95.8 Å². The molecular weight excluding hydrogens is 423 g/mol. The van der Waals surface area contributed by atoms with E-state index in [-0.39, 0.29) is 30.4 Å². The zero-order chi connectivity index (χ0) is 22.0. The summed E-state index contributed by atoms with van der Waals surface area (Å²) >= 11 is 0. The fourth-order valence-electron chi connectivity index (χ4n) is 3.30. The number of piperazine rings is 1. The number of benzene rings is 2. The molecule has 0 bridgehead atoms. The molecule has 1 saturated heterocycles. The maximum atomic E-state index is 13.1. The van der Waals surface area contributed by atoms with Crippen LogP contribution in [0, 0.1) is 18.2 Å². The fraction of sp³-hybridized carbons (Fsp3) is 0.238. The largest absolute Gasteiger partial charge is 0.423 e. The van der Waals surface area contributed by atoms with Gasteiger partial charge in [0.2, 0.25) is 10.0 Å². The van der Waals surface area contributed by atoms with E-state index >= 15 is 0 Å². The number of halogens is 1. The minimum absolute atomic E-state index is 0.0554. The number of aromatic nitrogens is 1. The highest BCUT2D eigenvalue weighted by Gasteiger charge is 2.30. The average Bonchev–Trinajstić information content (AvgIpc) is 3.21. The highest BCUT2D eigenvalue weighted by Crippen LogP contribution is 2.25. The van der Waals surface area contributed by atoms with E-state index in [1.807, 2.05) is 4.90 Å². The number of nitrogens with one attached hydrogen (secondary N) is 1. The van der Waals surface area contributed by atoms with Gasteiger partial charge >= 0.3 is 0 Å². The molecule has 1 aliphatic heterocycles. The summed E-state index contributed by atoms with van der Waals surface area (Å²) in [6.45, 7) is 1.36. The smallest absolute Gasteiger partial charge is 0.298 e. The van der Waals surface area contributed by atoms with Crippen molar-refractivity contribution >= 4 is 33.0 Å². The van der Waals surface area contributed by atoms with E-state index in [2.05, 4.69) is 16.2 Å².